The van der Waals surface area contributed by atoms with E-state index >= 15 is 0 Å². The SMILES string of the molecule is CCCCCCCCN1C(=O)c2c(C)sc(C3=CC4SC(c5sc(-c6cc7c(s6)-c6sc(C)cc6[Si]7(CC(CC)CCCC)CC(CC)CCCC)c6c5C(=O)N(CCCCCCCC)C6=O)=CC4S3)c2C1=O. The standard InChI is InChI=1S/C60H80N2O4S6Si/c1-9-15-19-21-23-25-29-61-57(63)48-38(8)68-52(49(48)58(61)64)43-32-41-42(69-43)33-44(70-41)53-50-51(60(66)62(59(50)65)30-26-24-22-20-16-10-2)54(72-53)45-34-47-56(71-45)55-46(31-37(7)67-55)73(47,35-39(13-5)27-17-11-3)36-40(14-6)28-18-12-4/h31-34,39-42H,9-30,35-36H2,1-8H3. The van der Waals surface area contributed by atoms with Crippen molar-refractivity contribution in [1.29, 1.82) is 0 Å². The molecule has 0 saturated carbocycles. The van der Waals surface area contributed by atoms with Crippen LogP contribution in [0.1, 0.15) is 231 Å². The molecule has 13 heteroatoms. The van der Waals surface area contributed by atoms with Gasteiger partial charge in [-0.05, 0) is 73.1 Å². The number of imide groups is 2. The average molecular weight is 1110 g/mol. The number of rotatable bonds is 29. The first kappa shape index (κ1) is 55.2. The van der Waals surface area contributed by atoms with Crippen molar-refractivity contribution >= 4 is 121 Å². The van der Waals surface area contributed by atoms with Crippen LogP contribution in [0.4, 0.5) is 0 Å². The number of unbranched alkanes of at least 4 members (excludes halogenated alkanes) is 12. The van der Waals surface area contributed by atoms with E-state index in [4.69, 9.17) is 0 Å². The first-order valence-electron chi connectivity index (χ1n) is 28.5. The fourth-order valence-corrected chi connectivity index (χ4v) is 28.6. The molecule has 5 aliphatic heterocycles. The first-order valence-corrected chi connectivity index (χ1v) is 35.9. The molecule has 4 atom stereocenters. The second kappa shape index (κ2) is 24.4. The Hall–Kier alpha value is -2.52. The van der Waals surface area contributed by atoms with Crippen molar-refractivity contribution in [3.8, 4) is 19.5 Å². The molecule has 0 aromatic carbocycles. The predicted octanol–water partition coefficient (Wildman–Crippen LogP) is 17.7. The lowest BCUT2D eigenvalue weighted by Crippen LogP contribution is -2.56. The number of fused-ring (bicyclic) bond motifs is 6. The van der Waals surface area contributed by atoms with Gasteiger partial charge in [-0.15, -0.1) is 68.9 Å². The van der Waals surface area contributed by atoms with Gasteiger partial charge in [-0.1, -0.05) is 169 Å². The number of hydrogen-bond donors (Lipinski definition) is 0. The minimum absolute atomic E-state index is 0.112. The Bertz CT molecular complexity index is 2730. The predicted molar refractivity (Wildman–Crippen MR) is 322 cm³/mol. The normalized spacial score (nSPS) is 20.6. The highest BCUT2D eigenvalue weighted by atomic mass is 32.2. The first-order chi connectivity index (χ1) is 35.4. The fourth-order valence-electron chi connectivity index (χ4n) is 12.5. The maximum absolute atomic E-state index is 15.0. The van der Waals surface area contributed by atoms with Gasteiger partial charge in [0, 0.05) is 57.8 Å². The Morgan fingerprint density at radius 3 is 1.44 bits per heavy atom. The Balaban J connectivity index is 1.05. The molecule has 0 N–H and O–H groups in total. The van der Waals surface area contributed by atoms with Gasteiger partial charge in [-0.25, -0.2) is 0 Å². The summed E-state index contributed by atoms with van der Waals surface area (Å²) in [5, 5.41) is 3.53. The molecule has 0 spiro atoms. The minimum Gasteiger partial charge on any atom is -0.274 e. The van der Waals surface area contributed by atoms with Gasteiger partial charge in [0.2, 0.25) is 0 Å². The summed E-state index contributed by atoms with van der Waals surface area (Å²) in [4.78, 5) is 72.2. The van der Waals surface area contributed by atoms with Crippen molar-refractivity contribution in [3.05, 3.63) is 66.0 Å². The molecular weight excluding hydrogens is 1030 g/mol. The lowest BCUT2D eigenvalue weighted by Gasteiger charge is -2.35. The van der Waals surface area contributed by atoms with Crippen LogP contribution in [0.25, 0.3) is 29.3 Å². The van der Waals surface area contributed by atoms with Crippen molar-refractivity contribution in [3.63, 3.8) is 0 Å². The van der Waals surface area contributed by atoms with Gasteiger partial charge in [0.25, 0.3) is 23.6 Å². The summed E-state index contributed by atoms with van der Waals surface area (Å²) in [6.07, 6.45) is 27.9. The number of carbonyl (C=O) groups excluding carboxylic acids is 4. The van der Waals surface area contributed by atoms with Gasteiger partial charge >= 0.3 is 0 Å². The van der Waals surface area contributed by atoms with Crippen LogP contribution >= 0.6 is 68.9 Å². The molecule has 4 amide bonds. The van der Waals surface area contributed by atoms with Crippen molar-refractivity contribution in [1.82, 2.24) is 9.80 Å². The van der Waals surface area contributed by atoms with E-state index in [9.17, 15) is 19.2 Å². The van der Waals surface area contributed by atoms with Crippen LogP contribution in [0.3, 0.4) is 0 Å². The van der Waals surface area contributed by atoms with E-state index in [1.54, 1.807) is 61.5 Å². The number of thiophene rings is 4. The molecule has 0 aliphatic carbocycles. The van der Waals surface area contributed by atoms with Gasteiger partial charge in [0.1, 0.15) is 8.07 Å². The summed E-state index contributed by atoms with van der Waals surface area (Å²) < 4.78 is 0. The third-order valence-corrected chi connectivity index (χ3v) is 30.3. The molecule has 4 unspecified atom stereocenters. The summed E-state index contributed by atoms with van der Waals surface area (Å²) in [5.41, 5.74) is 2.45. The molecule has 0 saturated heterocycles. The highest BCUT2D eigenvalue weighted by Crippen LogP contribution is 2.59. The molecule has 9 rings (SSSR count). The van der Waals surface area contributed by atoms with Crippen LogP contribution in [0, 0.1) is 25.7 Å². The van der Waals surface area contributed by atoms with Crippen LogP contribution in [0.2, 0.25) is 12.1 Å². The Labute approximate surface area is 463 Å². The molecule has 0 radical (unpaired) electrons. The van der Waals surface area contributed by atoms with E-state index in [2.05, 4.69) is 72.8 Å². The second-order valence-electron chi connectivity index (χ2n) is 21.8. The van der Waals surface area contributed by atoms with Crippen molar-refractivity contribution < 1.29 is 19.2 Å². The van der Waals surface area contributed by atoms with E-state index in [1.165, 1.54) is 126 Å². The highest BCUT2D eigenvalue weighted by molar-refractivity contribution is 8.14. The molecule has 5 aliphatic rings. The van der Waals surface area contributed by atoms with Crippen molar-refractivity contribution in [2.24, 2.45) is 11.8 Å². The lowest BCUT2D eigenvalue weighted by molar-refractivity contribution is 0.0635. The minimum atomic E-state index is -2.24. The number of hydrogen-bond acceptors (Lipinski definition) is 10. The largest absolute Gasteiger partial charge is 0.274 e. The Kier molecular flexibility index (Phi) is 18.5. The van der Waals surface area contributed by atoms with Crippen molar-refractivity contribution in [2.45, 2.75) is 206 Å². The number of carbonyl (C=O) groups is 4. The van der Waals surface area contributed by atoms with Gasteiger partial charge in [-0.3, -0.25) is 29.0 Å². The average Bonchev–Trinajstić information content (AvgIpc) is 4.27. The maximum atomic E-state index is 15.0. The van der Waals surface area contributed by atoms with Gasteiger partial charge in [-0.2, -0.15) is 0 Å². The lowest BCUT2D eigenvalue weighted by atomic mass is 10.0. The van der Waals surface area contributed by atoms with Gasteiger partial charge in [0.05, 0.1) is 36.9 Å². The summed E-state index contributed by atoms with van der Waals surface area (Å²) >= 11 is 10.7. The maximum Gasteiger partial charge on any atom is 0.263 e. The van der Waals surface area contributed by atoms with Crippen molar-refractivity contribution in [2.75, 3.05) is 13.1 Å². The Morgan fingerprint density at radius 1 is 0.479 bits per heavy atom. The molecule has 9 heterocycles. The molecular formula is C60H80N2O4S6Si. The second-order valence-corrected chi connectivity index (χ2v) is 32.9. The van der Waals surface area contributed by atoms with E-state index in [-0.39, 0.29) is 34.1 Å². The monoisotopic (exact) mass is 1110 g/mol. The van der Waals surface area contributed by atoms with Crippen LogP contribution in [0.5, 0.6) is 0 Å². The molecule has 4 aromatic heterocycles. The summed E-state index contributed by atoms with van der Waals surface area (Å²) in [7, 11) is -2.24. The molecule has 4 aromatic rings. The van der Waals surface area contributed by atoms with Crippen LogP contribution in [-0.2, 0) is 0 Å². The summed E-state index contributed by atoms with van der Waals surface area (Å²) in [5.74, 6) is 0.878. The number of nitrogens with zero attached hydrogens (tertiary/aromatic N) is 2. The van der Waals surface area contributed by atoms with Crippen LogP contribution < -0.4 is 10.4 Å². The van der Waals surface area contributed by atoms with Crippen LogP contribution in [-0.4, -0.2) is 65.1 Å². The Morgan fingerprint density at radius 2 is 0.918 bits per heavy atom. The van der Waals surface area contributed by atoms with E-state index in [1.807, 2.05) is 29.6 Å². The third-order valence-electron chi connectivity index (χ3n) is 16.6. The van der Waals surface area contributed by atoms with Crippen LogP contribution in [0.15, 0.2) is 24.3 Å². The van der Waals surface area contributed by atoms with Gasteiger partial charge in [0.15, 0.2) is 0 Å². The van der Waals surface area contributed by atoms with E-state index in [0.29, 0.717) is 47.2 Å². The number of amides is 4. The highest BCUT2D eigenvalue weighted by Gasteiger charge is 2.51. The quantitative estimate of drug-likeness (QED) is 0.0306. The molecule has 6 nitrogen and oxygen atoms in total. The molecule has 0 bridgehead atoms. The van der Waals surface area contributed by atoms with E-state index in [0.717, 1.165) is 67.8 Å². The topological polar surface area (TPSA) is 74.8 Å². The number of thioether (sulfide) groups is 2. The van der Waals surface area contributed by atoms with Gasteiger partial charge < -0.3 is 0 Å². The zero-order valence-electron chi connectivity index (χ0n) is 45.1. The molecule has 394 valence electrons. The fraction of sp³-hybridized carbons (Fsp3) is 0.600. The summed E-state index contributed by atoms with van der Waals surface area (Å²) in [6.45, 7) is 19.2. The van der Waals surface area contributed by atoms with E-state index < -0.39 is 8.07 Å². The molecule has 0 fully saturated rings. The third kappa shape index (κ3) is 10.8. The zero-order valence-corrected chi connectivity index (χ0v) is 51.0. The number of aryl methyl sites for hydroxylation is 2. The summed E-state index contributed by atoms with van der Waals surface area (Å²) in [6, 6.07) is 7.75. The zero-order chi connectivity index (χ0) is 51.6. The molecule has 73 heavy (non-hydrogen) atoms. The smallest absolute Gasteiger partial charge is 0.263 e.